The number of nitrogens with one attached hydrogen (secondary N) is 1. The van der Waals surface area contributed by atoms with Crippen LogP contribution in [0.25, 0.3) is 11.0 Å². The van der Waals surface area contributed by atoms with Gasteiger partial charge in [-0.1, -0.05) is 29.3 Å². The highest BCUT2D eigenvalue weighted by Gasteiger charge is 2.40. The van der Waals surface area contributed by atoms with Crippen LogP contribution in [0, 0.1) is 12.8 Å². The number of amides is 3. The molecule has 0 radical (unpaired) electrons. The molecule has 248 valence electrons. The number of aromatic nitrogens is 2. The van der Waals surface area contributed by atoms with Crippen molar-refractivity contribution in [3.63, 3.8) is 0 Å². The molecular weight excluding hydrogens is 650 g/mol. The maximum atomic E-state index is 13.7. The number of hydrogen-bond acceptors (Lipinski definition) is 5. The fourth-order valence-electron chi connectivity index (χ4n) is 6.00. The molecule has 0 unspecified atom stereocenters. The Morgan fingerprint density at radius 3 is 2.20 bits per heavy atom. The number of aryl methyl sites for hydroxylation is 1. The minimum atomic E-state index is -5.08. The number of likely N-dealkylation sites (tertiary alicyclic amines) is 2. The highest BCUT2D eigenvalue weighted by Crippen LogP contribution is 2.36. The van der Waals surface area contributed by atoms with Crippen LogP contribution in [-0.4, -0.2) is 98.9 Å². The van der Waals surface area contributed by atoms with Gasteiger partial charge in [0.2, 0.25) is 11.8 Å². The summed E-state index contributed by atoms with van der Waals surface area (Å²) in [6.07, 6.45) is -3.11. The van der Waals surface area contributed by atoms with E-state index in [-0.39, 0.29) is 35.6 Å². The summed E-state index contributed by atoms with van der Waals surface area (Å²) in [5, 5.41) is 8.03. The molecule has 3 amide bonds. The summed E-state index contributed by atoms with van der Waals surface area (Å²) in [7, 11) is 1.83. The van der Waals surface area contributed by atoms with Gasteiger partial charge in [-0.3, -0.25) is 14.4 Å². The zero-order valence-electron chi connectivity index (χ0n) is 25.4. The number of likely N-dealkylation sites (N-methyl/N-ethyl adjacent to an activating group) is 1. The van der Waals surface area contributed by atoms with Gasteiger partial charge in [0.25, 0.3) is 5.91 Å². The summed E-state index contributed by atoms with van der Waals surface area (Å²) in [4.78, 5) is 61.0. The Kier molecular flexibility index (Phi) is 10.9. The first kappa shape index (κ1) is 35.0. The van der Waals surface area contributed by atoms with E-state index in [1.807, 2.05) is 49.2 Å². The van der Waals surface area contributed by atoms with E-state index in [4.69, 9.17) is 33.1 Å². The summed E-state index contributed by atoms with van der Waals surface area (Å²) in [5.74, 6) is -2.11. The number of aromatic amines is 1. The monoisotopic (exact) mass is 683 g/mol. The summed E-state index contributed by atoms with van der Waals surface area (Å²) < 4.78 is 31.7. The van der Waals surface area contributed by atoms with Gasteiger partial charge >= 0.3 is 12.1 Å². The van der Waals surface area contributed by atoms with Crippen LogP contribution in [0.5, 0.6) is 0 Å². The van der Waals surface area contributed by atoms with E-state index >= 15 is 0 Å². The van der Waals surface area contributed by atoms with Crippen LogP contribution < -0.4 is 0 Å². The maximum Gasteiger partial charge on any atom is 0.490 e. The molecule has 46 heavy (non-hydrogen) atoms. The number of H-pyrrole nitrogens is 1. The van der Waals surface area contributed by atoms with Crippen molar-refractivity contribution in [2.75, 3.05) is 33.2 Å². The molecule has 1 aromatic heterocycles. The smallest absolute Gasteiger partial charge is 0.475 e. The number of hydrogen-bond donors (Lipinski definition) is 2. The Balaban J connectivity index is 0.000000617. The first-order valence-corrected chi connectivity index (χ1v) is 15.3. The third-order valence-corrected chi connectivity index (χ3v) is 9.20. The van der Waals surface area contributed by atoms with Crippen molar-refractivity contribution in [2.24, 2.45) is 5.92 Å². The lowest BCUT2D eigenvalue weighted by Gasteiger charge is -2.44. The Morgan fingerprint density at radius 1 is 0.978 bits per heavy atom. The number of benzene rings is 2. The highest BCUT2D eigenvalue weighted by atomic mass is 35.5. The van der Waals surface area contributed by atoms with Crippen LogP contribution in [0.3, 0.4) is 0 Å². The number of carbonyl (C=O) groups excluding carboxylic acids is 3. The van der Waals surface area contributed by atoms with E-state index in [1.165, 1.54) is 0 Å². The number of piperidine rings is 2. The fraction of sp³-hybridized carbons (Fsp3) is 0.452. The normalized spacial score (nSPS) is 19.0. The highest BCUT2D eigenvalue weighted by molar-refractivity contribution is 6.42. The summed E-state index contributed by atoms with van der Waals surface area (Å²) in [6.45, 7) is 5.71. The fourth-order valence-corrected chi connectivity index (χ4v) is 6.30. The number of halogens is 5. The van der Waals surface area contributed by atoms with Crippen LogP contribution in [0.1, 0.15) is 53.8 Å². The van der Waals surface area contributed by atoms with Gasteiger partial charge in [0.15, 0.2) is 0 Å². The molecule has 15 heteroatoms. The van der Waals surface area contributed by atoms with E-state index in [2.05, 4.69) is 9.97 Å². The third-order valence-electron chi connectivity index (χ3n) is 8.46. The van der Waals surface area contributed by atoms with Crippen molar-refractivity contribution in [3.8, 4) is 0 Å². The Morgan fingerprint density at radius 2 is 1.61 bits per heavy atom. The average molecular weight is 685 g/mol. The number of aliphatic carboxylic acids is 1. The minimum absolute atomic E-state index is 0.0518. The van der Waals surface area contributed by atoms with Crippen molar-refractivity contribution in [3.05, 3.63) is 63.4 Å². The molecule has 2 fully saturated rings. The topological polar surface area (TPSA) is 127 Å². The number of rotatable bonds is 4. The van der Waals surface area contributed by atoms with Gasteiger partial charge in [-0.15, -0.1) is 0 Å². The van der Waals surface area contributed by atoms with Crippen molar-refractivity contribution >= 4 is 57.9 Å². The summed E-state index contributed by atoms with van der Waals surface area (Å²) >= 11 is 12.6. The zero-order valence-corrected chi connectivity index (χ0v) is 26.9. The number of alkyl halides is 3. The molecule has 0 aliphatic carbocycles. The van der Waals surface area contributed by atoms with Crippen molar-refractivity contribution in [1.29, 1.82) is 0 Å². The number of carboxylic acids is 1. The van der Waals surface area contributed by atoms with Gasteiger partial charge in [-0.05, 0) is 62.1 Å². The molecule has 2 N–H and O–H groups in total. The van der Waals surface area contributed by atoms with Gasteiger partial charge < -0.3 is 24.8 Å². The Bertz CT molecular complexity index is 1620. The lowest BCUT2D eigenvalue weighted by molar-refractivity contribution is -0.192. The molecule has 2 aliphatic rings. The standard InChI is InChI=1S/C29H33Cl2N5O3.C2HF3O2/c1-17-32-25-7-5-21(15-26(25)33-17)28(38)34(3)27-10-13-36(16-22(27)20-4-6-23(30)24(31)14-20)29(39)19-8-11-35(12-9-19)18(2)37;3-2(4,5)1(6)7/h4-7,14-15,19,22,27H,8-13,16H2,1-3H3,(H,32,33);(H,6,7)/t22-,27+;/m0./s1. The first-order valence-electron chi connectivity index (χ1n) is 14.6. The van der Waals surface area contributed by atoms with Crippen LogP contribution in [0.15, 0.2) is 36.4 Å². The summed E-state index contributed by atoms with van der Waals surface area (Å²) in [5.41, 5.74) is 3.17. The Labute approximate surface area is 273 Å². The van der Waals surface area contributed by atoms with Crippen molar-refractivity contribution in [1.82, 2.24) is 24.7 Å². The average Bonchev–Trinajstić information content (AvgIpc) is 3.40. The van der Waals surface area contributed by atoms with E-state index in [1.54, 1.807) is 22.8 Å². The minimum Gasteiger partial charge on any atom is -0.475 e. The second-order valence-electron chi connectivity index (χ2n) is 11.5. The van der Waals surface area contributed by atoms with E-state index in [0.29, 0.717) is 61.1 Å². The van der Waals surface area contributed by atoms with Crippen LogP contribution in [0.2, 0.25) is 10.0 Å². The molecule has 0 saturated carbocycles. The number of fused-ring (bicyclic) bond motifs is 1. The van der Waals surface area contributed by atoms with E-state index in [0.717, 1.165) is 22.4 Å². The molecule has 2 aliphatic heterocycles. The van der Waals surface area contributed by atoms with Crippen LogP contribution >= 0.6 is 23.2 Å². The molecule has 5 rings (SSSR count). The van der Waals surface area contributed by atoms with Gasteiger partial charge in [0.05, 0.1) is 21.1 Å². The zero-order chi connectivity index (χ0) is 33.9. The molecule has 2 atom stereocenters. The molecule has 2 saturated heterocycles. The summed E-state index contributed by atoms with van der Waals surface area (Å²) in [6, 6.07) is 10.9. The van der Waals surface area contributed by atoms with Crippen molar-refractivity contribution in [2.45, 2.75) is 51.2 Å². The molecule has 0 bridgehead atoms. The third kappa shape index (κ3) is 8.11. The van der Waals surface area contributed by atoms with Gasteiger partial charge in [0.1, 0.15) is 5.82 Å². The van der Waals surface area contributed by atoms with Crippen LogP contribution in [-0.2, 0) is 14.4 Å². The first-order chi connectivity index (χ1) is 21.6. The predicted octanol–water partition coefficient (Wildman–Crippen LogP) is 5.53. The number of carboxylic acid groups (broad SMARTS) is 1. The Hall–Kier alpha value is -3.84. The molecular formula is C31H34Cl2F3N5O5. The number of carbonyl (C=O) groups is 4. The largest absolute Gasteiger partial charge is 0.490 e. The second-order valence-corrected chi connectivity index (χ2v) is 12.3. The van der Waals surface area contributed by atoms with Crippen LogP contribution in [0.4, 0.5) is 13.2 Å². The SMILES string of the molecule is CC(=O)N1CCC(C(=O)N2CC[C@@H](N(C)C(=O)c3ccc4nc(C)[nH]c4c3)[C@H](c3ccc(Cl)c(Cl)c3)C2)CC1.O=C(O)C(F)(F)F. The van der Waals surface area contributed by atoms with Gasteiger partial charge in [-0.2, -0.15) is 13.2 Å². The molecule has 3 heterocycles. The van der Waals surface area contributed by atoms with E-state index < -0.39 is 12.1 Å². The number of nitrogens with zero attached hydrogens (tertiary/aromatic N) is 4. The number of imidazole rings is 1. The molecule has 0 spiro atoms. The van der Waals surface area contributed by atoms with Gasteiger partial charge in [-0.25, -0.2) is 9.78 Å². The lowest BCUT2D eigenvalue weighted by Crippen LogP contribution is -2.53. The quantitative estimate of drug-likeness (QED) is 0.373. The predicted molar refractivity (Wildman–Crippen MR) is 166 cm³/mol. The molecule has 10 nitrogen and oxygen atoms in total. The second kappa shape index (κ2) is 14.3. The van der Waals surface area contributed by atoms with Crippen molar-refractivity contribution < 1.29 is 37.5 Å². The van der Waals surface area contributed by atoms with E-state index in [9.17, 15) is 27.6 Å². The lowest BCUT2D eigenvalue weighted by atomic mass is 9.83. The molecule has 2 aromatic carbocycles. The maximum absolute atomic E-state index is 13.7. The van der Waals surface area contributed by atoms with Gasteiger partial charge in [0, 0.05) is 63.6 Å². The molecule has 3 aromatic rings.